The van der Waals surface area contributed by atoms with Gasteiger partial charge < -0.3 is 9.88 Å². The molecule has 1 aromatic carbocycles. The van der Waals surface area contributed by atoms with E-state index in [0.717, 1.165) is 53.6 Å². The minimum atomic E-state index is -0.847. The van der Waals surface area contributed by atoms with Crippen LogP contribution in [0.3, 0.4) is 0 Å². The summed E-state index contributed by atoms with van der Waals surface area (Å²) in [5.74, 6) is 1.64. The summed E-state index contributed by atoms with van der Waals surface area (Å²) in [5, 5.41) is 2.47. The predicted molar refractivity (Wildman–Crippen MR) is 142 cm³/mol. The number of aromatic amines is 1. The van der Waals surface area contributed by atoms with E-state index >= 15 is 0 Å². The third-order valence-corrected chi connectivity index (χ3v) is 9.62. The molecule has 0 bridgehead atoms. The molecule has 3 aromatic heterocycles. The molecule has 0 aliphatic carbocycles. The lowest BCUT2D eigenvalue weighted by Crippen LogP contribution is -2.31. The monoisotopic (exact) mass is 493 g/mol. The molecule has 34 heavy (non-hydrogen) atoms. The highest BCUT2D eigenvalue weighted by molar-refractivity contribution is 7.83. The number of hydrogen-bond donors (Lipinski definition) is 1. The van der Waals surface area contributed by atoms with E-state index in [1.54, 1.807) is 23.9 Å². The molecule has 5 heterocycles. The summed E-state index contributed by atoms with van der Waals surface area (Å²) in [7, 11) is -0.847. The van der Waals surface area contributed by atoms with Crippen molar-refractivity contribution in [3.05, 3.63) is 52.3 Å². The zero-order valence-corrected chi connectivity index (χ0v) is 21.7. The van der Waals surface area contributed by atoms with Gasteiger partial charge in [0, 0.05) is 70.1 Å². The highest BCUT2D eigenvalue weighted by Gasteiger charge is 2.44. The number of fused-ring (bicyclic) bond motifs is 2. The van der Waals surface area contributed by atoms with E-state index in [0.29, 0.717) is 11.2 Å². The quantitative estimate of drug-likeness (QED) is 0.434. The van der Waals surface area contributed by atoms with Crippen LogP contribution in [0.1, 0.15) is 34.5 Å². The molecule has 0 amide bonds. The summed E-state index contributed by atoms with van der Waals surface area (Å²) in [5.41, 5.74) is 5.64. The third-order valence-electron chi connectivity index (χ3n) is 7.67. The average Bonchev–Trinajstić information content (AvgIpc) is 3.56. The number of H-pyrrole nitrogens is 1. The average molecular weight is 494 g/mol. The summed E-state index contributed by atoms with van der Waals surface area (Å²) >= 11 is 1.65. The fraction of sp³-hybridized carbons (Fsp3) is 0.462. The standard InChI is InChI=1S/C26H31N5OS2/c1-17-10-21-18(2)19(4-5-23(21)29-17)12-30-8-6-26(14-30)7-9-31(15-26)24-22-11-20(13-34(3)32)33-25(22)28-16-27-24/h4-5,10-11,16,29H,6-9,12-15H2,1-3H3. The first kappa shape index (κ1) is 22.2. The molecule has 8 heteroatoms. The van der Waals surface area contributed by atoms with Crippen LogP contribution in [0.15, 0.2) is 30.6 Å². The van der Waals surface area contributed by atoms with Crippen LogP contribution in [0.25, 0.3) is 21.1 Å². The Balaban J connectivity index is 1.18. The van der Waals surface area contributed by atoms with E-state index in [2.05, 4.69) is 57.9 Å². The Morgan fingerprint density at radius 2 is 1.97 bits per heavy atom. The number of benzene rings is 1. The number of aromatic nitrogens is 3. The second-order valence-electron chi connectivity index (χ2n) is 10.2. The molecule has 2 atom stereocenters. The number of nitrogens with one attached hydrogen (secondary N) is 1. The van der Waals surface area contributed by atoms with E-state index in [-0.39, 0.29) is 0 Å². The Bertz CT molecular complexity index is 1410. The Kier molecular flexibility index (Phi) is 5.50. The molecule has 2 aliphatic heterocycles. The lowest BCUT2D eigenvalue weighted by atomic mass is 9.86. The molecule has 0 saturated carbocycles. The summed E-state index contributed by atoms with van der Waals surface area (Å²) in [6.45, 7) is 9.80. The summed E-state index contributed by atoms with van der Waals surface area (Å²) in [6.07, 6.45) is 5.90. The van der Waals surface area contributed by atoms with Gasteiger partial charge in [-0.05, 0) is 62.6 Å². The second-order valence-corrected chi connectivity index (χ2v) is 12.8. The minimum absolute atomic E-state index is 0.337. The first-order valence-electron chi connectivity index (χ1n) is 12.0. The first-order chi connectivity index (χ1) is 16.4. The molecular formula is C26H31N5OS2. The number of likely N-dealkylation sites (tertiary alicyclic amines) is 1. The van der Waals surface area contributed by atoms with E-state index in [9.17, 15) is 4.21 Å². The van der Waals surface area contributed by atoms with Gasteiger partial charge in [-0.15, -0.1) is 11.3 Å². The minimum Gasteiger partial charge on any atom is -0.359 e. The van der Waals surface area contributed by atoms with Crippen molar-refractivity contribution in [2.75, 3.05) is 37.3 Å². The van der Waals surface area contributed by atoms with Gasteiger partial charge in [0.1, 0.15) is 17.0 Å². The van der Waals surface area contributed by atoms with Crippen LogP contribution in [0.5, 0.6) is 0 Å². The summed E-state index contributed by atoms with van der Waals surface area (Å²) in [6, 6.07) is 8.96. The van der Waals surface area contributed by atoms with Gasteiger partial charge in [0.2, 0.25) is 0 Å². The van der Waals surface area contributed by atoms with Crippen molar-refractivity contribution < 1.29 is 4.21 Å². The summed E-state index contributed by atoms with van der Waals surface area (Å²) < 4.78 is 11.7. The van der Waals surface area contributed by atoms with Gasteiger partial charge in [0.05, 0.1) is 11.1 Å². The van der Waals surface area contributed by atoms with Gasteiger partial charge in [-0.2, -0.15) is 0 Å². The molecule has 1 N–H and O–H groups in total. The van der Waals surface area contributed by atoms with Crippen LogP contribution in [0.4, 0.5) is 5.82 Å². The zero-order valence-electron chi connectivity index (χ0n) is 20.1. The van der Waals surface area contributed by atoms with Crippen molar-refractivity contribution in [2.45, 2.75) is 39.0 Å². The van der Waals surface area contributed by atoms with Crippen molar-refractivity contribution >= 4 is 49.1 Å². The number of nitrogens with zero attached hydrogens (tertiary/aromatic N) is 4. The van der Waals surface area contributed by atoms with Gasteiger partial charge >= 0.3 is 0 Å². The van der Waals surface area contributed by atoms with E-state index in [1.165, 1.54) is 40.6 Å². The first-order valence-corrected chi connectivity index (χ1v) is 14.5. The van der Waals surface area contributed by atoms with Crippen LogP contribution in [-0.2, 0) is 23.1 Å². The fourth-order valence-corrected chi connectivity index (χ4v) is 7.98. The van der Waals surface area contributed by atoms with Crippen LogP contribution < -0.4 is 4.90 Å². The number of hydrogen-bond acceptors (Lipinski definition) is 6. The Hall–Kier alpha value is -2.29. The zero-order chi connectivity index (χ0) is 23.4. The molecule has 6 nitrogen and oxygen atoms in total. The SMILES string of the molecule is Cc1cc2c(C)c(CN3CCC4(CCN(c5ncnc6sc(CS(C)=O)cc56)C4)C3)ccc2[nH]1. The van der Waals surface area contributed by atoms with Crippen molar-refractivity contribution in [3.8, 4) is 0 Å². The van der Waals surface area contributed by atoms with E-state index < -0.39 is 10.8 Å². The van der Waals surface area contributed by atoms with Crippen molar-refractivity contribution in [1.82, 2.24) is 19.9 Å². The van der Waals surface area contributed by atoms with Gasteiger partial charge in [-0.25, -0.2) is 9.97 Å². The molecule has 4 aromatic rings. The molecule has 2 fully saturated rings. The molecule has 178 valence electrons. The lowest BCUT2D eigenvalue weighted by Gasteiger charge is -2.25. The number of anilines is 1. The Labute approximate surface area is 206 Å². The highest BCUT2D eigenvalue weighted by atomic mass is 32.2. The molecule has 1 spiro atoms. The largest absolute Gasteiger partial charge is 0.359 e. The van der Waals surface area contributed by atoms with Crippen molar-refractivity contribution in [2.24, 2.45) is 5.41 Å². The number of aryl methyl sites for hydroxylation is 2. The highest BCUT2D eigenvalue weighted by Crippen LogP contribution is 2.43. The molecule has 2 aliphatic rings. The number of rotatable bonds is 5. The topological polar surface area (TPSA) is 65.1 Å². The van der Waals surface area contributed by atoms with Crippen LogP contribution in [0.2, 0.25) is 0 Å². The van der Waals surface area contributed by atoms with Gasteiger partial charge in [0.25, 0.3) is 0 Å². The van der Waals surface area contributed by atoms with Gasteiger partial charge in [-0.1, -0.05) is 6.07 Å². The molecule has 2 saturated heterocycles. The molecule has 6 rings (SSSR count). The second kappa shape index (κ2) is 8.43. The van der Waals surface area contributed by atoms with Crippen LogP contribution in [0, 0.1) is 19.3 Å². The Morgan fingerprint density at radius 1 is 1.12 bits per heavy atom. The van der Waals surface area contributed by atoms with Gasteiger partial charge in [-0.3, -0.25) is 9.11 Å². The molecule has 2 unspecified atom stereocenters. The number of thiophene rings is 1. The van der Waals surface area contributed by atoms with Crippen molar-refractivity contribution in [1.29, 1.82) is 0 Å². The van der Waals surface area contributed by atoms with Crippen molar-refractivity contribution in [3.63, 3.8) is 0 Å². The molecule has 0 radical (unpaired) electrons. The van der Waals surface area contributed by atoms with E-state index in [1.807, 2.05) is 0 Å². The fourth-order valence-electron chi connectivity index (χ4n) is 5.97. The van der Waals surface area contributed by atoms with Crippen LogP contribution in [-0.4, -0.2) is 56.5 Å². The summed E-state index contributed by atoms with van der Waals surface area (Å²) in [4.78, 5) is 19.9. The van der Waals surface area contributed by atoms with Crippen LogP contribution >= 0.6 is 11.3 Å². The predicted octanol–water partition coefficient (Wildman–Crippen LogP) is 4.77. The smallest absolute Gasteiger partial charge is 0.140 e. The maximum Gasteiger partial charge on any atom is 0.140 e. The van der Waals surface area contributed by atoms with E-state index in [4.69, 9.17) is 4.98 Å². The van der Waals surface area contributed by atoms with Gasteiger partial charge in [0.15, 0.2) is 0 Å². The maximum atomic E-state index is 11.7. The lowest BCUT2D eigenvalue weighted by molar-refractivity contribution is 0.270. The maximum absolute atomic E-state index is 11.7. The third kappa shape index (κ3) is 3.95. The normalized spacial score (nSPS) is 22.0. The molecular weight excluding hydrogens is 462 g/mol. The Morgan fingerprint density at radius 3 is 2.82 bits per heavy atom.